The molecule has 0 aliphatic heterocycles. The number of methoxy groups -OCH3 is 1. The average Bonchev–Trinajstić information content (AvgIpc) is 2.72. The molecule has 5 heteroatoms. The van der Waals surface area contributed by atoms with Gasteiger partial charge in [0.2, 0.25) is 0 Å². The number of fused-ring (bicyclic) bond motifs is 1. The summed E-state index contributed by atoms with van der Waals surface area (Å²) >= 11 is 3.47. The predicted molar refractivity (Wildman–Crippen MR) is 113 cm³/mol. The molecule has 27 heavy (non-hydrogen) atoms. The maximum atomic E-state index is 5.45. The van der Waals surface area contributed by atoms with Crippen LogP contribution in [-0.4, -0.2) is 17.1 Å². The van der Waals surface area contributed by atoms with Crippen LogP contribution < -0.4 is 10.1 Å². The molecule has 0 aliphatic rings. The number of benzene rings is 3. The number of hydrogen-bond donors (Lipinski definition) is 1. The van der Waals surface area contributed by atoms with Crippen molar-refractivity contribution in [3.8, 4) is 17.1 Å². The molecular formula is C22H18BrN3O. The first-order chi connectivity index (χ1) is 13.2. The first-order valence-electron chi connectivity index (χ1n) is 8.63. The van der Waals surface area contributed by atoms with E-state index in [9.17, 15) is 0 Å². The minimum atomic E-state index is 0.616. The lowest BCUT2D eigenvalue weighted by Gasteiger charge is -2.13. The van der Waals surface area contributed by atoms with Crippen molar-refractivity contribution in [2.45, 2.75) is 6.54 Å². The molecule has 134 valence electrons. The second kappa shape index (κ2) is 7.76. The third kappa shape index (κ3) is 3.78. The molecule has 0 radical (unpaired) electrons. The number of nitrogens with zero attached hydrogens (tertiary/aromatic N) is 2. The quantitative estimate of drug-likeness (QED) is 0.451. The van der Waals surface area contributed by atoms with Crippen LogP contribution in [0.1, 0.15) is 5.56 Å². The van der Waals surface area contributed by atoms with Gasteiger partial charge >= 0.3 is 0 Å². The van der Waals surface area contributed by atoms with Gasteiger partial charge in [-0.3, -0.25) is 0 Å². The Labute approximate surface area is 166 Å². The lowest BCUT2D eigenvalue weighted by atomic mass is 10.1. The topological polar surface area (TPSA) is 47.0 Å². The van der Waals surface area contributed by atoms with Gasteiger partial charge in [0, 0.05) is 27.5 Å². The van der Waals surface area contributed by atoms with Crippen LogP contribution in [0.15, 0.2) is 77.3 Å². The maximum absolute atomic E-state index is 5.45. The van der Waals surface area contributed by atoms with Gasteiger partial charge in [-0.15, -0.1) is 0 Å². The molecule has 4 nitrogen and oxygen atoms in total. The SMILES string of the molecule is COc1ccccc1CNc1nc(-c2ccc(Br)cc2)nc2ccccc12. The highest BCUT2D eigenvalue weighted by atomic mass is 79.9. The second-order valence-corrected chi connectivity index (χ2v) is 7.00. The molecule has 0 aliphatic carbocycles. The number of rotatable bonds is 5. The summed E-state index contributed by atoms with van der Waals surface area (Å²) in [5.74, 6) is 2.37. The number of anilines is 1. The van der Waals surface area contributed by atoms with Crippen molar-refractivity contribution in [2.75, 3.05) is 12.4 Å². The van der Waals surface area contributed by atoms with E-state index < -0.39 is 0 Å². The molecule has 4 aromatic rings. The highest BCUT2D eigenvalue weighted by molar-refractivity contribution is 9.10. The first-order valence-corrected chi connectivity index (χ1v) is 9.42. The standard InChI is InChI=1S/C22H18BrN3O/c1-27-20-9-5-2-6-16(20)14-24-22-18-7-3-4-8-19(18)25-21(26-22)15-10-12-17(23)13-11-15/h2-13H,14H2,1H3,(H,24,25,26). The second-order valence-electron chi connectivity index (χ2n) is 6.09. The van der Waals surface area contributed by atoms with E-state index in [2.05, 4.69) is 21.2 Å². The Morgan fingerprint density at radius 2 is 1.63 bits per heavy atom. The van der Waals surface area contributed by atoms with Crippen LogP contribution in [0.2, 0.25) is 0 Å². The Kier molecular flexibility index (Phi) is 5.03. The fourth-order valence-electron chi connectivity index (χ4n) is 2.97. The van der Waals surface area contributed by atoms with E-state index in [4.69, 9.17) is 14.7 Å². The van der Waals surface area contributed by atoms with Crippen LogP contribution in [0.3, 0.4) is 0 Å². The van der Waals surface area contributed by atoms with Crippen molar-refractivity contribution < 1.29 is 4.74 Å². The molecule has 0 atom stereocenters. The first kappa shape index (κ1) is 17.5. The minimum absolute atomic E-state index is 0.616. The summed E-state index contributed by atoms with van der Waals surface area (Å²) in [6, 6.07) is 24.0. The summed E-state index contributed by atoms with van der Waals surface area (Å²) in [4.78, 5) is 9.53. The molecule has 4 rings (SSSR count). The minimum Gasteiger partial charge on any atom is -0.496 e. The van der Waals surface area contributed by atoms with Crippen molar-refractivity contribution in [1.82, 2.24) is 9.97 Å². The molecule has 1 N–H and O–H groups in total. The molecule has 0 bridgehead atoms. The predicted octanol–water partition coefficient (Wildman–Crippen LogP) is 5.68. The van der Waals surface area contributed by atoms with Crippen LogP contribution in [0, 0.1) is 0 Å². The van der Waals surface area contributed by atoms with Crippen LogP contribution in [0.25, 0.3) is 22.3 Å². The zero-order valence-electron chi connectivity index (χ0n) is 14.8. The normalized spacial score (nSPS) is 10.7. The van der Waals surface area contributed by atoms with Gasteiger partial charge in [-0.2, -0.15) is 0 Å². The van der Waals surface area contributed by atoms with E-state index in [0.29, 0.717) is 12.4 Å². The zero-order valence-corrected chi connectivity index (χ0v) is 16.4. The summed E-state index contributed by atoms with van der Waals surface area (Å²) in [6.07, 6.45) is 0. The highest BCUT2D eigenvalue weighted by Crippen LogP contribution is 2.27. The molecule has 1 heterocycles. The fourth-order valence-corrected chi connectivity index (χ4v) is 3.23. The summed E-state index contributed by atoms with van der Waals surface area (Å²) in [6.45, 7) is 0.616. The molecule has 0 unspecified atom stereocenters. The number of hydrogen-bond acceptors (Lipinski definition) is 4. The van der Waals surface area contributed by atoms with Gasteiger partial charge in [-0.1, -0.05) is 58.4 Å². The van der Waals surface area contributed by atoms with E-state index in [1.165, 1.54) is 0 Å². The third-order valence-electron chi connectivity index (χ3n) is 4.34. The Morgan fingerprint density at radius 1 is 0.889 bits per heavy atom. The van der Waals surface area contributed by atoms with Crippen LogP contribution in [-0.2, 0) is 6.54 Å². The van der Waals surface area contributed by atoms with Gasteiger partial charge in [0.05, 0.1) is 12.6 Å². The monoisotopic (exact) mass is 419 g/mol. The summed E-state index contributed by atoms with van der Waals surface area (Å²) in [5.41, 5.74) is 2.96. The van der Waals surface area contributed by atoms with E-state index in [-0.39, 0.29) is 0 Å². The summed E-state index contributed by atoms with van der Waals surface area (Å²) in [5, 5.41) is 4.45. The maximum Gasteiger partial charge on any atom is 0.162 e. The zero-order chi connectivity index (χ0) is 18.6. The van der Waals surface area contributed by atoms with Gasteiger partial charge in [0.15, 0.2) is 5.82 Å². The number of aromatic nitrogens is 2. The highest BCUT2D eigenvalue weighted by Gasteiger charge is 2.10. The Bertz CT molecular complexity index is 1080. The average molecular weight is 420 g/mol. The Morgan fingerprint density at radius 3 is 2.44 bits per heavy atom. The number of halogens is 1. The van der Waals surface area contributed by atoms with Crippen LogP contribution >= 0.6 is 15.9 Å². The molecule has 0 saturated heterocycles. The number of para-hydroxylation sites is 2. The van der Waals surface area contributed by atoms with Crippen LogP contribution in [0.5, 0.6) is 5.75 Å². The summed E-state index contributed by atoms with van der Waals surface area (Å²) in [7, 11) is 1.69. The molecule has 0 saturated carbocycles. The molecule has 0 spiro atoms. The van der Waals surface area contributed by atoms with Crippen molar-refractivity contribution in [3.05, 3.63) is 82.8 Å². The largest absolute Gasteiger partial charge is 0.496 e. The van der Waals surface area contributed by atoms with E-state index in [1.54, 1.807) is 7.11 Å². The van der Waals surface area contributed by atoms with Gasteiger partial charge in [-0.25, -0.2) is 9.97 Å². The smallest absolute Gasteiger partial charge is 0.162 e. The lowest BCUT2D eigenvalue weighted by molar-refractivity contribution is 0.410. The van der Waals surface area contributed by atoms with Crippen molar-refractivity contribution >= 4 is 32.7 Å². The number of nitrogens with one attached hydrogen (secondary N) is 1. The third-order valence-corrected chi connectivity index (χ3v) is 4.87. The molecule has 0 fully saturated rings. The Hall–Kier alpha value is -2.92. The molecule has 3 aromatic carbocycles. The molecule has 1 aromatic heterocycles. The van der Waals surface area contributed by atoms with E-state index >= 15 is 0 Å². The van der Waals surface area contributed by atoms with Crippen LogP contribution in [0.4, 0.5) is 5.82 Å². The van der Waals surface area contributed by atoms with E-state index in [1.807, 2.05) is 72.8 Å². The van der Waals surface area contributed by atoms with Gasteiger partial charge in [-0.05, 0) is 30.3 Å². The van der Waals surface area contributed by atoms with Crippen molar-refractivity contribution in [3.63, 3.8) is 0 Å². The van der Waals surface area contributed by atoms with Crippen molar-refractivity contribution in [2.24, 2.45) is 0 Å². The van der Waals surface area contributed by atoms with Crippen molar-refractivity contribution in [1.29, 1.82) is 0 Å². The van der Waals surface area contributed by atoms with E-state index in [0.717, 1.165) is 38.1 Å². The van der Waals surface area contributed by atoms with Gasteiger partial charge in [0.25, 0.3) is 0 Å². The molecular weight excluding hydrogens is 402 g/mol. The van der Waals surface area contributed by atoms with Gasteiger partial charge in [0.1, 0.15) is 11.6 Å². The Balaban J connectivity index is 1.73. The summed E-state index contributed by atoms with van der Waals surface area (Å²) < 4.78 is 6.48. The molecule has 0 amide bonds. The fraction of sp³-hybridized carbons (Fsp3) is 0.0909. The lowest BCUT2D eigenvalue weighted by Crippen LogP contribution is -2.05. The van der Waals surface area contributed by atoms with Gasteiger partial charge < -0.3 is 10.1 Å². The number of ether oxygens (including phenoxy) is 1.